The summed E-state index contributed by atoms with van der Waals surface area (Å²) in [5.41, 5.74) is 0.108. The number of hydrogen-bond donors (Lipinski definition) is 1. The number of anilines is 1. The molecule has 2 aromatic rings. The second kappa shape index (κ2) is 7.22. The van der Waals surface area contributed by atoms with Crippen molar-refractivity contribution in [2.45, 2.75) is 23.8 Å². The summed E-state index contributed by atoms with van der Waals surface area (Å²) >= 11 is 0. The maximum atomic E-state index is 12.8. The molecule has 0 aromatic heterocycles. The van der Waals surface area contributed by atoms with E-state index in [1.165, 1.54) is 40.7 Å². The molecule has 2 aromatic carbocycles. The smallest absolute Gasteiger partial charge is 0.271 e. The molecule has 0 bridgehead atoms. The number of amides is 1. The molecule has 1 amide bonds. The average Bonchev–Trinajstić information content (AvgIpc) is 3.13. The molecule has 8 nitrogen and oxygen atoms in total. The van der Waals surface area contributed by atoms with Crippen molar-refractivity contribution in [3.63, 3.8) is 0 Å². The number of nitro groups is 1. The van der Waals surface area contributed by atoms with E-state index < -0.39 is 26.9 Å². The van der Waals surface area contributed by atoms with E-state index in [0.717, 1.165) is 0 Å². The van der Waals surface area contributed by atoms with Gasteiger partial charge in [0, 0.05) is 24.4 Å². The first-order chi connectivity index (χ1) is 12.4. The lowest BCUT2D eigenvalue weighted by molar-refractivity contribution is -0.384. The molecule has 1 saturated heterocycles. The van der Waals surface area contributed by atoms with Crippen molar-refractivity contribution >= 4 is 27.3 Å². The Morgan fingerprint density at radius 2 is 1.88 bits per heavy atom. The van der Waals surface area contributed by atoms with Gasteiger partial charge >= 0.3 is 0 Å². The Balaban J connectivity index is 1.81. The van der Waals surface area contributed by atoms with Crippen LogP contribution < -0.4 is 5.32 Å². The van der Waals surface area contributed by atoms with Gasteiger partial charge in [-0.05, 0) is 31.0 Å². The molecule has 26 heavy (non-hydrogen) atoms. The zero-order chi connectivity index (χ0) is 18.7. The number of nitro benzene ring substituents is 1. The van der Waals surface area contributed by atoms with E-state index in [2.05, 4.69) is 5.32 Å². The van der Waals surface area contributed by atoms with Crippen LogP contribution in [0, 0.1) is 10.1 Å². The minimum Gasteiger partial charge on any atom is -0.324 e. The first kappa shape index (κ1) is 18.0. The predicted molar refractivity (Wildman–Crippen MR) is 95.1 cm³/mol. The van der Waals surface area contributed by atoms with Crippen LogP contribution in [0.15, 0.2) is 59.5 Å². The monoisotopic (exact) mass is 375 g/mol. The van der Waals surface area contributed by atoms with E-state index in [9.17, 15) is 23.3 Å². The second-order valence-electron chi connectivity index (χ2n) is 5.88. The van der Waals surface area contributed by atoms with Gasteiger partial charge in [-0.15, -0.1) is 0 Å². The highest BCUT2D eigenvalue weighted by Gasteiger charge is 2.39. The number of nitrogens with zero attached hydrogens (tertiary/aromatic N) is 2. The summed E-state index contributed by atoms with van der Waals surface area (Å²) in [6, 6.07) is 12.6. The van der Waals surface area contributed by atoms with E-state index in [1.54, 1.807) is 18.2 Å². The van der Waals surface area contributed by atoms with Gasteiger partial charge in [0.1, 0.15) is 6.04 Å². The van der Waals surface area contributed by atoms with Crippen LogP contribution in [-0.4, -0.2) is 36.1 Å². The average molecular weight is 375 g/mol. The summed E-state index contributed by atoms with van der Waals surface area (Å²) < 4.78 is 26.8. The number of rotatable bonds is 5. The molecule has 1 aliphatic heterocycles. The molecule has 0 aliphatic carbocycles. The molecule has 1 aliphatic rings. The van der Waals surface area contributed by atoms with Gasteiger partial charge in [-0.3, -0.25) is 14.9 Å². The molecule has 0 radical (unpaired) electrons. The van der Waals surface area contributed by atoms with E-state index in [4.69, 9.17) is 0 Å². The van der Waals surface area contributed by atoms with Gasteiger partial charge in [0.05, 0.1) is 9.82 Å². The first-order valence-electron chi connectivity index (χ1n) is 8.02. The fraction of sp³-hybridized carbons (Fsp3) is 0.235. The van der Waals surface area contributed by atoms with Crippen LogP contribution >= 0.6 is 0 Å². The summed E-state index contributed by atoms with van der Waals surface area (Å²) in [6.07, 6.45) is 0.964. The molecule has 9 heteroatoms. The van der Waals surface area contributed by atoms with Gasteiger partial charge in [0.2, 0.25) is 15.9 Å². The van der Waals surface area contributed by atoms with Crippen molar-refractivity contribution in [1.82, 2.24) is 4.31 Å². The third-order valence-electron chi connectivity index (χ3n) is 4.18. The Morgan fingerprint density at radius 1 is 1.15 bits per heavy atom. The zero-order valence-electron chi connectivity index (χ0n) is 13.7. The quantitative estimate of drug-likeness (QED) is 0.637. The minimum absolute atomic E-state index is 0.134. The fourth-order valence-corrected chi connectivity index (χ4v) is 4.62. The van der Waals surface area contributed by atoms with Gasteiger partial charge in [-0.2, -0.15) is 4.31 Å². The van der Waals surface area contributed by atoms with Crippen molar-refractivity contribution in [3.8, 4) is 0 Å². The Labute approximate surface area is 150 Å². The summed E-state index contributed by atoms with van der Waals surface area (Å²) in [6.45, 7) is 0.254. The van der Waals surface area contributed by atoms with E-state index >= 15 is 0 Å². The maximum absolute atomic E-state index is 12.8. The highest BCUT2D eigenvalue weighted by molar-refractivity contribution is 7.89. The number of carbonyl (C=O) groups is 1. The number of non-ortho nitro benzene ring substituents is 1. The SMILES string of the molecule is O=C(Nc1cccc([N+](=O)[O-])c1)C1CCCN1S(=O)(=O)c1ccccc1. The molecule has 3 rings (SSSR count). The Kier molecular flexibility index (Phi) is 5.01. The van der Waals surface area contributed by atoms with Gasteiger partial charge in [-0.25, -0.2) is 8.42 Å². The molecule has 1 N–H and O–H groups in total. The third kappa shape index (κ3) is 3.58. The largest absolute Gasteiger partial charge is 0.324 e. The van der Waals surface area contributed by atoms with E-state index in [-0.39, 0.29) is 22.8 Å². The van der Waals surface area contributed by atoms with Crippen molar-refractivity contribution in [2.75, 3.05) is 11.9 Å². The molecule has 1 heterocycles. The van der Waals surface area contributed by atoms with Crippen LogP contribution in [-0.2, 0) is 14.8 Å². The number of carbonyl (C=O) groups excluding carboxylic acids is 1. The number of benzene rings is 2. The molecule has 0 spiro atoms. The van der Waals surface area contributed by atoms with Crippen LogP contribution in [0.1, 0.15) is 12.8 Å². The van der Waals surface area contributed by atoms with E-state index in [0.29, 0.717) is 12.8 Å². The second-order valence-corrected chi connectivity index (χ2v) is 7.77. The molecular weight excluding hydrogens is 358 g/mol. The van der Waals surface area contributed by atoms with Gasteiger partial charge in [0.25, 0.3) is 5.69 Å². The standard InChI is InChI=1S/C17H17N3O5S/c21-17(18-13-6-4-7-14(12-13)20(22)23)16-10-5-11-19(16)26(24,25)15-8-2-1-3-9-15/h1-4,6-9,12,16H,5,10-11H2,(H,18,21). The van der Waals surface area contributed by atoms with Gasteiger partial charge in [-0.1, -0.05) is 24.3 Å². The molecular formula is C17H17N3O5S. The lowest BCUT2D eigenvalue weighted by Gasteiger charge is -2.23. The summed E-state index contributed by atoms with van der Waals surface area (Å²) in [5.74, 6) is -0.498. The molecule has 0 saturated carbocycles. The van der Waals surface area contributed by atoms with Gasteiger partial charge in [0.15, 0.2) is 0 Å². The summed E-state index contributed by atoms with van der Waals surface area (Å²) in [5, 5.41) is 13.4. The van der Waals surface area contributed by atoms with Crippen molar-refractivity contribution in [1.29, 1.82) is 0 Å². The van der Waals surface area contributed by atoms with Crippen molar-refractivity contribution in [3.05, 3.63) is 64.7 Å². The van der Waals surface area contributed by atoms with Gasteiger partial charge < -0.3 is 5.32 Å². The normalized spacial score (nSPS) is 17.8. The maximum Gasteiger partial charge on any atom is 0.271 e. The lowest BCUT2D eigenvalue weighted by atomic mass is 10.2. The number of hydrogen-bond acceptors (Lipinski definition) is 5. The predicted octanol–water partition coefficient (Wildman–Crippen LogP) is 2.39. The van der Waals surface area contributed by atoms with Crippen LogP contribution in [0.5, 0.6) is 0 Å². The van der Waals surface area contributed by atoms with Crippen LogP contribution in [0.3, 0.4) is 0 Å². The minimum atomic E-state index is -3.78. The van der Waals surface area contributed by atoms with E-state index in [1.807, 2.05) is 0 Å². The lowest BCUT2D eigenvalue weighted by Crippen LogP contribution is -2.43. The van der Waals surface area contributed by atoms with Crippen molar-refractivity contribution < 1.29 is 18.1 Å². The van der Waals surface area contributed by atoms with Crippen LogP contribution in [0.25, 0.3) is 0 Å². The van der Waals surface area contributed by atoms with Crippen LogP contribution in [0.2, 0.25) is 0 Å². The summed E-state index contributed by atoms with van der Waals surface area (Å²) in [4.78, 5) is 23.0. The van der Waals surface area contributed by atoms with Crippen molar-refractivity contribution in [2.24, 2.45) is 0 Å². The Morgan fingerprint density at radius 3 is 2.58 bits per heavy atom. The number of sulfonamides is 1. The first-order valence-corrected chi connectivity index (χ1v) is 9.46. The fourth-order valence-electron chi connectivity index (χ4n) is 2.94. The summed E-state index contributed by atoms with van der Waals surface area (Å²) in [7, 11) is -3.78. The molecule has 136 valence electrons. The zero-order valence-corrected chi connectivity index (χ0v) is 14.6. The highest BCUT2D eigenvalue weighted by Crippen LogP contribution is 2.27. The highest BCUT2D eigenvalue weighted by atomic mass is 32.2. The molecule has 1 unspecified atom stereocenters. The Hall–Kier alpha value is -2.78. The topological polar surface area (TPSA) is 110 Å². The molecule has 1 atom stereocenters. The van der Waals surface area contributed by atoms with Crippen LogP contribution in [0.4, 0.5) is 11.4 Å². The Bertz CT molecular complexity index is 930. The number of nitrogens with one attached hydrogen (secondary N) is 1. The third-order valence-corrected chi connectivity index (χ3v) is 6.10. The molecule has 1 fully saturated rings.